The Morgan fingerprint density at radius 3 is 3.04 bits per heavy atom. The molecule has 0 saturated heterocycles. The Balaban J connectivity index is 1.68. The van der Waals surface area contributed by atoms with Crippen molar-refractivity contribution < 1.29 is 4.79 Å². The number of hydrogen-bond donors (Lipinski definition) is 0. The van der Waals surface area contributed by atoms with Crippen LogP contribution < -0.4 is 0 Å². The van der Waals surface area contributed by atoms with E-state index in [0.717, 1.165) is 6.42 Å². The van der Waals surface area contributed by atoms with Crippen molar-refractivity contribution in [3.63, 3.8) is 0 Å². The molecular formula is C17H15ClN4O. The third kappa shape index (κ3) is 2.37. The second kappa shape index (κ2) is 5.35. The number of amides is 1. The Hall–Kier alpha value is -2.40. The number of fused-ring (bicyclic) bond motifs is 2. The minimum atomic E-state index is -0.0753. The largest absolute Gasteiger partial charge is 0.330 e. The molecule has 23 heavy (non-hydrogen) atoms. The zero-order valence-electron chi connectivity index (χ0n) is 12.6. The molecule has 3 aromatic rings. The number of rotatable bonds is 1. The van der Waals surface area contributed by atoms with Crippen molar-refractivity contribution in [1.29, 1.82) is 0 Å². The first kappa shape index (κ1) is 14.2. The maximum atomic E-state index is 12.9. The van der Waals surface area contributed by atoms with Gasteiger partial charge in [-0.25, -0.2) is 9.50 Å². The van der Waals surface area contributed by atoms with Gasteiger partial charge in [-0.2, -0.15) is 5.10 Å². The summed E-state index contributed by atoms with van der Waals surface area (Å²) in [5.74, 6) is -0.0753. The molecule has 0 fully saturated rings. The number of hydrogen-bond acceptors (Lipinski definition) is 3. The van der Waals surface area contributed by atoms with Crippen molar-refractivity contribution >= 4 is 23.2 Å². The Morgan fingerprint density at radius 2 is 2.17 bits per heavy atom. The molecule has 116 valence electrons. The van der Waals surface area contributed by atoms with Crippen molar-refractivity contribution in [2.75, 3.05) is 6.54 Å². The number of carbonyl (C=O) groups excluding carboxylic acids is 1. The van der Waals surface area contributed by atoms with Crippen molar-refractivity contribution in [2.45, 2.75) is 19.4 Å². The Labute approximate surface area is 138 Å². The predicted molar refractivity (Wildman–Crippen MR) is 87.6 cm³/mol. The minimum Gasteiger partial charge on any atom is -0.330 e. The van der Waals surface area contributed by atoms with Gasteiger partial charge < -0.3 is 4.90 Å². The summed E-state index contributed by atoms with van der Waals surface area (Å²) in [6, 6.07) is 10.0. The quantitative estimate of drug-likeness (QED) is 0.690. The van der Waals surface area contributed by atoms with Gasteiger partial charge in [0.2, 0.25) is 0 Å². The third-order valence-electron chi connectivity index (χ3n) is 4.36. The molecule has 0 unspecified atom stereocenters. The highest BCUT2D eigenvalue weighted by Gasteiger charge is 2.29. The minimum absolute atomic E-state index is 0.0359. The first-order valence-electron chi connectivity index (χ1n) is 7.53. The molecule has 0 radical (unpaired) electrons. The highest BCUT2D eigenvalue weighted by Crippen LogP contribution is 2.30. The monoisotopic (exact) mass is 326 g/mol. The number of carbonyl (C=O) groups is 1. The SMILES string of the molecule is C[C@H]1c2ccccc2CCN1C(=O)c1cc2ncc(Cl)cn2n1. The number of aromatic nitrogens is 3. The normalized spacial score (nSPS) is 17.3. The fourth-order valence-electron chi connectivity index (χ4n) is 3.15. The molecule has 1 amide bonds. The smallest absolute Gasteiger partial charge is 0.274 e. The van der Waals surface area contributed by atoms with Crippen LogP contribution in [0, 0.1) is 0 Å². The van der Waals surface area contributed by atoms with E-state index < -0.39 is 0 Å². The Bertz CT molecular complexity index is 904. The molecule has 6 heteroatoms. The van der Waals surface area contributed by atoms with E-state index in [-0.39, 0.29) is 11.9 Å². The maximum absolute atomic E-state index is 12.9. The van der Waals surface area contributed by atoms with Crippen LogP contribution in [0.2, 0.25) is 5.02 Å². The summed E-state index contributed by atoms with van der Waals surface area (Å²) in [5, 5.41) is 4.80. The zero-order chi connectivity index (χ0) is 16.0. The molecule has 0 N–H and O–H groups in total. The van der Waals surface area contributed by atoms with Crippen LogP contribution in [0.25, 0.3) is 5.65 Å². The van der Waals surface area contributed by atoms with Gasteiger partial charge in [-0.05, 0) is 24.5 Å². The van der Waals surface area contributed by atoms with E-state index >= 15 is 0 Å². The van der Waals surface area contributed by atoms with Gasteiger partial charge in [-0.3, -0.25) is 4.79 Å². The highest BCUT2D eigenvalue weighted by molar-refractivity contribution is 6.30. The number of halogens is 1. The summed E-state index contributed by atoms with van der Waals surface area (Å²) in [6.07, 6.45) is 4.06. The molecule has 0 saturated carbocycles. The second-order valence-electron chi connectivity index (χ2n) is 5.73. The number of benzene rings is 1. The fourth-order valence-corrected chi connectivity index (χ4v) is 3.30. The summed E-state index contributed by atoms with van der Waals surface area (Å²) >= 11 is 5.92. The molecule has 0 bridgehead atoms. The maximum Gasteiger partial charge on any atom is 0.274 e. The van der Waals surface area contributed by atoms with Crippen LogP contribution in [-0.4, -0.2) is 31.9 Å². The van der Waals surface area contributed by atoms with Gasteiger partial charge in [0.05, 0.1) is 17.3 Å². The average Bonchev–Trinajstić information content (AvgIpc) is 2.98. The van der Waals surface area contributed by atoms with Gasteiger partial charge >= 0.3 is 0 Å². The second-order valence-corrected chi connectivity index (χ2v) is 6.16. The lowest BCUT2D eigenvalue weighted by molar-refractivity contribution is 0.0671. The van der Waals surface area contributed by atoms with Crippen molar-refractivity contribution in [3.8, 4) is 0 Å². The van der Waals surface area contributed by atoms with Gasteiger partial charge in [-0.15, -0.1) is 0 Å². The molecule has 1 aliphatic heterocycles. The van der Waals surface area contributed by atoms with Gasteiger partial charge in [0.1, 0.15) is 0 Å². The lowest BCUT2D eigenvalue weighted by Gasteiger charge is -2.34. The lowest BCUT2D eigenvalue weighted by atomic mass is 9.93. The molecule has 1 aromatic carbocycles. The van der Waals surface area contributed by atoms with Crippen molar-refractivity contribution in [1.82, 2.24) is 19.5 Å². The highest BCUT2D eigenvalue weighted by atomic mass is 35.5. The molecule has 3 heterocycles. The lowest BCUT2D eigenvalue weighted by Crippen LogP contribution is -2.39. The first-order chi connectivity index (χ1) is 11.1. The topological polar surface area (TPSA) is 50.5 Å². The van der Waals surface area contributed by atoms with Gasteiger partial charge in [0.25, 0.3) is 5.91 Å². The predicted octanol–water partition coefficient (Wildman–Crippen LogP) is 3.14. The van der Waals surface area contributed by atoms with E-state index in [9.17, 15) is 4.79 Å². The van der Waals surface area contributed by atoms with E-state index in [4.69, 9.17) is 11.6 Å². The van der Waals surface area contributed by atoms with Crippen LogP contribution in [0.1, 0.15) is 34.6 Å². The van der Waals surface area contributed by atoms with Gasteiger partial charge in [0.15, 0.2) is 11.3 Å². The Kier molecular flexibility index (Phi) is 3.31. The fraction of sp³-hybridized carbons (Fsp3) is 0.235. The summed E-state index contributed by atoms with van der Waals surface area (Å²) in [6.45, 7) is 2.75. The first-order valence-corrected chi connectivity index (χ1v) is 7.91. The van der Waals surface area contributed by atoms with E-state index in [2.05, 4.69) is 29.1 Å². The van der Waals surface area contributed by atoms with Crippen LogP contribution in [-0.2, 0) is 6.42 Å². The van der Waals surface area contributed by atoms with E-state index in [1.165, 1.54) is 15.6 Å². The van der Waals surface area contributed by atoms with Crippen LogP contribution in [0.5, 0.6) is 0 Å². The van der Waals surface area contributed by atoms with E-state index in [1.807, 2.05) is 17.0 Å². The van der Waals surface area contributed by atoms with Crippen LogP contribution in [0.3, 0.4) is 0 Å². The number of nitrogens with zero attached hydrogens (tertiary/aromatic N) is 4. The molecule has 2 aromatic heterocycles. The van der Waals surface area contributed by atoms with Crippen LogP contribution in [0.4, 0.5) is 0 Å². The summed E-state index contributed by atoms with van der Waals surface area (Å²) in [5.41, 5.74) is 3.53. The van der Waals surface area contributed by atoms with Gasteiger partial charge in [0, 0.05) is 18.8 Å². The standard InChI is InChI=1S/C17H15ClN4O/c1-11-14-5-3-2-4-12(14)6-7-21(11)17(23)15-8-16-19-9-13(18)10-22(16)20-15/h2-5,8-11H,6-7H2,1H3/t11-/m0/s1. The molecular weight excluding hydrogens is 312 g/mol. The van der Waals surface area contributed by atoms with Gasteiger partial charge in [-0.1, -0.05) is 35.9 Å². The molecule has 5 nitrogen and oxygen atoms in total. The van der Waals surface area contributed by atoms with E-state index in [1.54, 1.807) is 18.5 Å². The summed E-state index contributed by atoms with van der Waals surface area (Å²) in [7, 11) is 0. The molecule has 0 aliphatic carbocycles. The third-order valence-corrected chi connectivity index (χ3v) is 4.55. The van der Waals surface area contributed by atoms with Crippen LogP contribution in [0.15, 0.2) is 42.7 Å². The summed E-state index contributed by atoms with van der Waals surface area (Å²) in [4.78, 5) is 18.9. The average molecular weight is 327 g/mol. The van der Waals surface area contributed by atoms with Crippen molar-refractivity contribution in [2.24, 2.45) is 0 Å². The van der Waals surface area contributed by atoms with Crippen LogP contribution >= 0.6 is 11.6 Å². The molecule has 0 spiro atoms. The molecule has 1 aliphatic rings. The molecule has 4 rings (SSSR count). The van der Waals surface area contributed by atoms with Crippen molar-refractivity contribution in [3.05, 3.63) is 64.6 Å². The molecule has 1 atom stereocenters. The zero-order valence-corrected chi connectivity index (χ0v) is 13.4. The van der Waals surface area contributed by atoms with E-state index in [0.29, 0.717) is 22.9 Å². The summed E-state index contributed by atoms with van der Waals surface area (Å²) < 4.78 is 1.54. The Morgan fingerprint density at radius 1 is 1.35 bits per heavy atom.